The summed E-state index contributed by atoms with van der Waals surface area (Å²) in [4.78, 5) is 0. The highest BCUT2D eigenvalue weighted by Crippen LogP contribution is 2.29. The van der Waals surface area contributed by atoms with Crippen LogP contribution in [-0.4, -0.2) is 13.7 Å². The maximum absolute atomic E-state index is 5.66. The minimum Gasteiger partial charge on any atom is -0.493 e. The molecule has 15 heavy (non-hydrogen) atoms. The first-order valence-electron chi connectivity index (χ1n) is 4.95. The van der Waals surface area contributed by atoms with E-state index in [-0.39, 0.29) is 0 Å². The molecule has 0 unspecified atom stereocenters. The Bertz CT molecular complexity index is 323. The van der Waals surface area contributed by atoms with Gasteiger partial charge < -0.3 is 15.2 Å². The Balaban J connectivity index is 2.57. The second kappa shape index (κ2) is 5.96. The predicted molar refractivity (Wildman–Crippen MR) is 62.3 cm³/mol. The van der Waals surface area contributed by atoms with E-state index < -0.39 is 0 Å². The number of allylic oxidation sites excluding steroid dienone is 1. The molecule has 2 N–H and O–H groups in total. The van der Waals surface area contributed by atoms with Crippen molar-refractivity contribution in [2.75, 3.05) is 19.5 Å². The number of rotatable bonds is 6. The second-order valence-electron chi connectivity index (χ2n) is 3.19. The standard InChI is InChI=1S/C12H17NO2/c1-3-4-5-8-15-12-9-10(13)6-7-11(12)14-2/h3,6-7,9H,1,4-5,8,13H2,2H3. The molecular weight excluding hydrogens is 190 g/mol. The van der Waals surface area contributed by atoms with Gasteiger partial charge in [-0.2, -0.15) is 0 Å². The molecule has 1 aromatic carbocycles. The number of nitrogen functional groups attached to an aromatic ring is 1. The molecule has 0 saturated heterocycles. The monoisotopic (exact) mass is 207 g/mol. The van der Waals surface area contributed by atoms with Gasteiger partial charge in [0.15, 0.2) is 11.5 Å². The lowest BCUT2D eigenvalue weighted by Crippen LogP contribution is -1.99. The van der Waals surface area contributed by atoms with Crippen molar-refractivity contribution in [2.24, 2.45) is 0 Å². The van der Waals surface area contributed by atoms with Crippen molar-refractivity contribution >= 4 is 5.69 Å². The normalized spacial score (nSPS) is 9.67. The van der Waals surface area contributed by atoms with Gasteiger partial charge in [-0.3, -0.25) is 0 Å². The van der Waals surface area contributed by atoms with Crippen molar-refractivity contribution in [1.29, 1.82) is 0 Å². The molecule has 0 atom stereocenters. The molecule has 0 amide bonds. The molecule has 0 heterocycles. The topological polar surface area (TPSA) is 44.5 Å². The predicted octanol–water partition coefficient (Wildman–Crippen LogP) is 2.62. The molecule has 0 aliphatic carbocycles. The molecule has 0 saturated carbocycles. The van der Waals surface area contributed by atoms with Gasteiger partial charge in [-0.15, -0.1) is 6.58 Å². The van der Waals surface area contributed by atoms with Crippen LogP contribution in [0.25, 0.3) is 0 Å². The first-order chi connectivity index (χ1) is 7.27. The number of benzene rings is 1. The lowest BCUT2D eigenvalue weighted by atomic mass is 10.3. The lowest BCUT2D eigenvalue weighted by molar-refractivity contribution is 0.290. The third-order valence-corrected chi connectivity index (χ3v) is 2.00. The molecular formula is C12H17NO2. The molecule has 0 radical (unpaired) electrons. The van der Waals surface area contributed by atoms with Crippen molar-refractivity contribution in [3.63, 3.8) is 0 Å². The summed E-state index contributed by atoms with van der Waals surface area (Å²) >= 11 is 0. The van der Waals surface area contributed by atoms with Gasteiger partial charge in [0, 0.05) is 11.8 Å². The van der Waals surface area contributed by atoms with E-state index in [1.807, 2.05) is 6.08 Å². The summed E-state index contributed by atoms with van der Waals surface area (Å²) in [6.45, 7) is 4.30. The van der Waals surface area contributed by atoms with Gasteiger partial charge in [-0.05, 0) is 25.0 Å². The third-order valence-electron chi connectivity index (χ3n) is 2.00. The summed E-state index contributed by atoms with van der Waals surface area (Å²) in [5.41, 5.74) is 6.34. The zero-order chi connectivity index (χ0) is 11.1. The summed E-state index contributed by atoms with van der Waals surface area (Å²) in [6.07, 6.45) is 3.77. The van der Waals surface area contributed by atoms with Crippen LogP contribution in [0.3, 0.4) is 0 Å². The molecule has 0 aliphatic rings. The summed E-state index contributed by atoms with van der Waals surface area (Å²) in [5.74, 6) is 1.41. The fourth-order valence-corrected chi connectivity index (χ4v) is 1.22. The van der Waals surface area contributed by atoms with Gasteiger partial charge in [0.1, 0.15) is 0 Å². The molecule has 0 aliphatic heterocycles. The number of nitrogens with two attached hydrogens (primary N) is 1. The lowest BCUT2D eigenvalue weighted by Gasteiger charge is -2.10. The highest BCUT2D eigenvalue weighted by molar-refractivity contribution is 5.51. The van der Waals surface area contributed by atoms with Crippen LogP contribution in [0.5, 0.6) is 11.5 Å². The Hall–Kier alpha value is -1.64. The Morgan fingerprint density at radius 1 is 1.40 bits per heavy atom. The van der Waals surface area contributed by atoms with Gasteiger partial charge in [0.2, 0.25) is 0 Å². The molecule has 82 valence electrons. The number of hydrogen-bond acceptors (Lipinski definition) is 3. The van der Waals surface area contributed by atoms with Crippen LogP contribution in [0.4, 0.5) is 5.69 Å². The Kier molecular flexibility index (Phi) is 4.54. The zero-order valence-corrected chi connectivity index (χ0v) is 9.03. The fourth-order valence-electron chi connectivity index (χ4n) is 1.22. The number of hydrogen-bond donors (Lipinski definition) is 1. The minimum absolute atomic E-state index is 0.645. The average molecular weight is 207 g/mol. The Morgan fingerprint density at radius 2 is 2.20 bits per heavy atom. The van der Waals surface area contributed by atoms with Gasteiger partial charge in [0.25, 0.3) is 0 Å². The van der Waals surface area contributed by atoms with Gasteiger partial charge in [-0.25, -0.2) is 0 Å². The molecule has 0 bridgehead atoms. The quantitative estimate of drug-likeness (QED) is 0.443. The first kappa shape index (κ1) is 11.4. The maximum Gasteiger partial charge on any atom is 0.163 e. The molecule has 1 aromatic rings. The number of methoxy groups -OCH3 is 1. The molecule has 3 nitrogen and oxygen atoms in total. The molecule has 0 fully saturated rings. The summed E-state index contributed by atoms with van der Waals surface area (Å²) in [5, 5.41) is 0. The number of anilines is 1. The summed E-state index contributed by atoms with van der Waals surface area (Å²) in [6, 6.07) is 5.36. The van der Waals surface area contributed by atoms with Gasteiger partial charge in [-0.1, -0.05) is 6.08 Å². The largest absolute Gasteiger partial charge is 0.493 e. The summed E-state index contributed by atoms with van der Waals surface area (Å²) in [7, 11) is 1.61. The molecule has 0 spiro atoms. The van der Waals surface area contributed by atoms with Gasteiger partial charge in [0.05, 0.1) is 13.7 Å². The Labute approximate surface area is 90.5 Å². The second-order valence-corrected chi connectivity index (χ2v) is 3.19. The van der Waals surface area contributed by atoms with E-state index in [4.69, 9.17) is 15.2 Å². The first-order valence-corrected chi connectivity index (χ1v) is 4.95. The van der Waals surface area contributed by atoms with Crippen LogP contribution >= 0.6 is 0 Å². The van der Waals surface area contributed by atoms with Crippen LogP contribution in [0.15, 0.2) is 30.9 Å². The Morgan fingerprint density at radius 3 is 2.87 bits per heavy atom. The van der Waals surface area contributed by atoms with Crippen LogP contribution in [0.1, 0.15) is 12.8 Å². The summed E-state index contributed by atoms with van der Waals surface area (Å²) < 4.78 is 10.7. The maximum atomic E-state index is 5.66. The molecule has 0 aromatic heterocycles. The van der Waals surface area contributed by atoms with Crippen LogP contribution in [-0.2, 0) is 0 Å². The minimum atomic E-state index is 0.645. The fraction of sp³-hybridized carbons (Fsp3) is 0.333. The van der Waals surface area contributed by atoms with Crippen molar-refractivity contribution < 1.29 is 9.47 Å². The highest BCUT2D eigenvalue weighted by Gasteiger charge is 2.03. The van der Waals surface area contributed by atoms with Crippen molar-refractivity contribution in [3.05, 3.63) is 30.9 Å². The van der Waals surface area contributed by atoms with E-state index in [0.717, 1.165) is 12.8 Å². The van der Waals surface area contributed by atoms with Crippen molar-refractivity contribution in [3.8, 4) is 11.5 Å². The van der Waals surface area contributed by atoms with E-state index in [1.54, 1.807) is 25.3 Å². The smallest absolute Gasteiger partial charge is 0.163 e. The van der Waals surface area contributed by atoms with E-state index in [1.165, 1.54) is 0 Å². The van der Waals surface area contributed by atoms with Crippen molar-refractivity contribution in [1.82, 2.24) is 0 Å². The number of unbranched alkanes of at least 4 members (excludes halogenated alkanes) is 1. The number of ether oxygens (including phenoxy) is 2. The van der Waals surface area contributed by atoms with Crippen LogP contribution < -0.4 is 15.2 Å². The van der Waals surface area contributed by atoms with Crippen LogP contribution in [0.2, 0.25) is 0 Å². The van der Waals surface area contributed by atoms with Gasteiger partial charge >= 0.3 is 0 Å². The van der Waals surface area contributed by atoms with E-state index in [9.17, 15) is 0 Å². The van der Waals surface area contributed by atoms with Crippen molar-refractivity contribution in [2.45, 2.75) is 12.8 Å². The van der Waals surface area contributed by atoms with Crippen LogP contribution in [0, 0.1) is 0 Å². The van der Waals surface area contributed by atoms with E-state index in [0.29, 0.717) is 23.8 Å². The SMILES string of the molecule is C=CCCCOc1cc(N)ccc1OC. The molecule has 3 heteroatoms. The van der Waals surface area contributed by atoms with E-state index >= 15 is 0 Å². The zero-order valence-electron chi connectivity index (χ0n) is 9.03. The van der Waals surface area contributed by atoms with E-state index in [2.05, 4.69) is 6.58 Å². The average Bonchev–Trinajstić information content (AvgIpc) is 2.25. The highest BCUT2D eigenvalue weighted by atomic mass is 16.5. The third kappa shape index (κ3) is 3.54. The molecule has 1 rings (SSSR count).